The molecule has 1 aromatic carbocycles. The van der Waals surface area contributed by atoms with Crippen LogP contribution >= 0.6 is 22.9 Å². The minimum Gasteiger partial charge on any atom is -0.497 e. The lowest BCUT2D eigenvalue weighted by Gasteiger charge is -2.00. The molecule has 0 atom stereocenters. The van der Waals surface area contributed by atoms with Gasteiger partial charge in [0.2, 0.25) is 0 Å². The Labute approximate surface area is 109 Å². The van der Waals surface area contributed by atoms with Crippen LogP contribution in [0.1, 0.15) is 5.69 Å². The molecule has 2 aromatic rings. The van der Waals surface area contributed by atoms with Crippen molar-refractivity contribution in [2.24, 2.45) is 0 Å². The minimum atomic E-state index is 0.0610. The summed E-state index contributed by atoms with van der Waals surface area (Å²) in [5, 5.41) is 9.74. The summed E-state index contributed by atoms with van der Waals surface area (Å²) in [5.41, 5.74) is 1.76. The van der Waals surface area contributed by atoms with Crippen molar-refractivity contribution in [2.75, 3.05) is 13.7 Å². The zero-order valence-electron chi connectivity index (χ0n) is 9.31. The van der Waals surface area contributed by atoms with Gasteiger partial charge in [0.15, 0.2) is 0 Å². The molecule has 1 aromatic heterocycles. The number of halogens is 1. The minimum absolute atomic E-state index is 0.0610. The summed E-state index contributed by atoms with van der Waals surface area (Å²) in [6, 6.07) is 7.65. The molecule has 5 heteroatoms. The van der Waals surface area contributed by atoms with Gasteiger partial charge in [0.25, 0.3) is 0 Å². The average molecular weight is 270 g/mol. The summed E-state index contributed by atoms with van der Waals surface area (Å²) < 4.78 is 5.74. The largest absolute Gasteiger partial charge is 0.497 e. The summed E-state index contributed by atoms with van der Waals surface area (Å²) in [7, 11) is 1.63. The molecular formula is C12H12ClNO2S. The van der Waals surface area contributed by atoms with Crippen LogP contribution < -0.4 is 4.74 Å². The molecule has 1 N–H and O–H groups in total. The van der Waals surface area contributed by atoms with E-state index in [2.05, 4.69) is 4.98 Å². The van der Waals surface area contributed by atoms with Crippen LogP contribution in [0.3, 0.4) is 0 Å². The molecule has 0 radical (unpaired) electrons. The molecule has 90 valence electrons. The van der Waals surface area contributed by atoms with Crippen molar-refractivity contribution in [3.63, 3.8) is 0 Å². The highest BCUT2D eigenvalue weighted by Crippen LogP contribution is 2.32. The van der Waals surface area contributed by atoms with E-state index in [-0.39, 0.29) is 6.61 Å². The second-order valence-electron chi connectivity index (χ2n) is 3.44. The number of aliphatic hydroxyl groups is 1. The van der Waals surface area contributed by atoms with E-state index in [0.29, 0.717) is 10.8 Å². The fourth-order valence-electron chi connectivity index (χ4n) is 1.45. The third kappa shape index (κ3) is 2.77. The van der Waals surface area contributed by atoms with Gasteiger partial charge in [0.1, 0.15) is 15.1 Å². The number of benzene rings is 1. The van der Waals surface area contributed by atoms with Gasteiger partial charge in [0, 0.05) is 18.6 Å². The van der Waals surface area contributed by atoms with Crippen LogP contribution in [0.15, 0.2) is 24.3 Å². The molecule has 0 aliphatic heterocycles. The van der Waals surface area contributed by atoms with Gasteiger partial charge in [-0.05, 0) is 24.3 Å². The standard InChI is InChI=1S/C12H12ClNO2S/c1-16-9-4-2-8(3-5-9)12-14-10(6-7-15)11(13)17-12/h2-5,15H,6-7H2,1H3. The maximum atomic E-state index is 8.88. The van der Waals surface area contributed by atoms with Crippen molar-refractivity contribution in [2.45, 2.75) is 6.42 Å². The van der Waals surface area contributed by atoms with Gasteiger partial charge >= 0.3 is 0 Å². The van der Waals surface area contributed by atoms with E-state index in [1.165, 1.54) is 11.3 Å². The second-order valence-corrected chi connectivity index (χ2v) is 5.04. The van der Waals surface area contributed by atoms with Gasteiger partial charge < -0.3 is 9.84 Å². The number of thiazole rings is 1. The number of aliphatic hydroxyl groups excluding tert-OH is 1. The third-order valence-corrected chi connectivity index (χ3v) is 3.72. The van der Waals surface area contributed by atoms with Crippen LogP contribution in [-0.4, -0.2) is 23.8 Å². The Bertz CT molecular complexity index is 496. The molecule has 0 aliphatic rings. The van der Waals surface area contributed by atoms with Gasteiger partial charge in [0.05, 0.1) is 12.8 Å². The van der Waals surface area contributed by atoms with Crippen molar-refractivity contribution >= 4 is 22.9 Å². The lowest BCUT2D eigenvalue weighted by molar-refractivity contribution is 0.298. The quantitative estimate of drug-likeness (QED) is 0.928. The maximum absolute atomic E-state index is 8.88. The highest BCUT2D eigenvalue weighted by atomic mass is 35.5. The van der Waals surface area contributed by atoms with E-state index < -0.39 is 0 Å². The Morgan fingerprint density at radius 3 is 2.65 bits per heavy atom. The van der Waals surface area contributed by atoms with E-state index in [4.69, 9.17) is 21.4 Å². The first kappa shape index (κ1) is 12.4. The van der Waals surface area contributed by atoms with Crippen LogP contribution in [0.4, 0.5) is 0 Å². The maximum Gasteiger partial charge on any atom is 0.125 e. The van der Waals surface area contributed by atoms with Crippen LogP contribution in [0.2, 0.25) is 4.34 Å². The summed E-state index contributed by atoms with van der Waals surface area (Å²) in [5.74, 6) is 0.812. The SMILES string of the molecule is COc1ccc(-c2nc(CCO)c(Cl)s2)cc1. The molecule has 2 rings (SSSR count). The molecule has 1 heterocycles. The average Bonchev–Trinajstić information content (AvgIpc) is 2.72. The van der Waals surface area contributed by atoms with Gasteiger partial charge in [-0.2, -0.15) is 0 Å². The first-order chi connectivity index (χ1) is 8.24. The van der Waals surface area contributed by atoms with Gasteiger partial charge in [-0.15, -0.1) is 11.3 Å². The Morgan fingerprint density at radius 2 is 2.06 bits per heavy atom. The van der Waals surface area contributed by atoms with Gasteiger partial charge in [-0.25, -0.2) is 4.98 Å². The molecule has 0 saturated carbocycles. The molecule has 0 fully saturated rings. The van der Waals surface area contributed by atoms with E-state index in [0.717, 1.165) is 22.0 Å². The predicted octanol–water partition coefficient (Wildman–Crippen LogP) is 3.01. The number of hydrogen-bond donors (Lipinski definition) is 1. The van der Waals surface area contributed by atoms with Crippen molar-refractivity contribution in [1.29, 1.82) is 0 Å². The molecule has 0 amide bonds. The molecule has 0 saturated heterocycles. The Balaban J connectivity index is 2.29. The number of rotatable bonds is 4. The lowest BCUT2D eigenvalue weighted by atomic mass is 10.2. The Morgan fingerprint density at radius 1 is 1.35 bits per heavy atom. The normalized spacial score (nSPS) is 10.5. The molecule has 0 aliphatic carbocycles. The molecule has 17 heavy (non-hydrogen) atoms. The van der Waals surface area contributed by atoms with Crippen molar-refractivity contribution in [1.82, 2.24) is 4.98 Å². The van der Waals surface area contributed by atoms with Crippen molar-refractivity contribution in [3.8, 4) is 16.3 Å². The monoisotopic (exact) mass is 269 g/mol. The smallest absolute Gasteiger partial charge is 0.125 e. The topological polar surface area (TPSA) is 42.4 Å². The van der Waals surface area contributed by atoms with E-state index in [9.17, 15) is 0 Å². The van der Waals surface area contributed by atoms with Crippen LogP contribution in [0, 0.1) is 0 Å². The third-order valence-electron chi connectivity index (χ3n) is 2.34. The molecule has 0 spiro atoms. The first-order valence-electron chi connectivity index (χ1n) is 5.15. The summed E-state index contributed by atoms with van der Waals surface area (Å²) in [6.45, 7) is 0.0610. The molecule has 0 unspecified atom stereocenters. The summed E-state index contributed by atoms with van der Waals surface area (Å²) >= 11 is 7.48. The van der Waals surface area contributed by atoms with Gasteiger partial charge in [-0.1, -0.05) is 11.6 Å². The summed E-state index contributed by atoms with van der Waals surface area (Å²) in [4.78, 5) is 4.41. The number of nitrogens with zero attached hydrogens (tertiary/aromatic N) is 1. The zero-order valence-corrected chi connectivity index (χ0v) is 10.9. The van der Waals surface area contributed by atoms with Crippen LogP contribution in [0.5, 0.6) is 5.75 Å². The second kappa shape index (κ2) is 5.49. The Kier molecular flexibility index (Phi) is 3.99. The van der Waals surface area contributed by atoms with Gasteiger partial charge in [-0.3, -0.25) is 0 Å². The highest BCUT2D eigenvalue weighted by molar-refractivity contribution is 7.19. The highest BCUT2D eigenvalue weighted by Gasteiger charge is 2.10. The van der Waals surface area contributed by atoms with E-state index >= 15 is 0 Å². The Hall–Kier alpha value is -1.10. The van der Waals surface area contributed by atoms with Crippen LogP contribution in [-0.2, 0) is 6.42 Å². The zero-order chi connectivity index (χ0) is 12.3. The molecule has 3 nitrogen and oxygen atoms in total. The van der Waals surface area contributed by atoms with Crippen molar-refractivity contribution < 1.29 is 9.84 Å². The number of ether oxygens (including phenoxy) is 1. The molecule has 0 bridgehead atoms. The molecular weight excluding hydrogens is 258 g/mol. The fourth-order valence-corrected chi connectivity index (χ4v) is 2.65. The first-order valence-corrected chi connectivity index (χ1v) is 6.34. The van der Waals surface area contributed by atoms with Crippen molar-refractivity contribution in [3.05, 3.63) is 34.3 Å². The van der Waals surface area contributed by atoms with E-state index in [1.807, 2.05) is 24.3 Å². The van der Waals surface area contributed by atoms with Crippen LogP contribution in [0.25, 0.3) is 10.6 Å². The number of aromatic nitrogens is 1. The number of hydrogen-bond acceptors (Lipinski definition) is 4. The predicted molar refractivity (Wildman–Crippen MR) is 69.9 cm³/mol. The lowest BCUT2D eigenvalue weighted by Crippen LogP contribution is -1.91. The summed E-state index contributed by atoms with van der Waals surface area (Å²) in [6.07, 6.45) is 0.492. The number of methoxy groups -OCH3 is 1. The van der Waals surface area contributed by atoms with E-state index in [1.54, 1.807) is 7.11 Å². The fraction of sp³-hybridized carbons (Fsp3) is 0.250.